The minimum Gasteiger partial charge on any atom is -0.496 e. The smallest absolute Gasteiger partial charge is 0.339 e. The van der Waals surface area contributed by atoms with Crippen molar-refractivity contribution in [2.75, 3.05) is 13.7 Å². The Kier molecular flexibility index (Phi) is 3.26. The van der Waals surface area contributed by atoms with Gasteiger partial charge in [-0.2, -0.15) is 0 Å². The van der Waals surface area contributed by atoms with Gasteiger partial charge in [-0.25, -0.2) is 4.79 Å². The van der Waals surface area contributed by atoms with Crippen LogP contribution >= 0.6 is 0 Å². The predicted octanol–water partition coefficient (Wildman–Crippen LogP) is 3.27. The van der Waals surface area contributed by atoms with Crippen molar-refractivity contribution in [3.63, 3.8) is 0 Å². The van der Waals surface area contributed by atoms with Crippen LogP contribution in [0.5, 0.6) is 5.75 Å². The van der Waals surface area contributed by atoms with Gasteiger partial charge in [-0.3, -0.25) is 0 Å². The summed E-state index contributed by atoms with van der Waals surface area (Å²) in [5, 5.41) is 0.867. The predicted molar refractivity (Wildman–Crippen MR) is 76.4 cm³/mol. The van der Waals surface area contributed by atoms with Crippen LogP contribution in [0, 0.1) is 13.8 Å². The molecule has 1 saturated heterocycles. The summed E-state index contributed by atoms with van der Waals surface area (Å²) in [7, 11) is 1.63. The highest BCUT2D eigenvalue weighted by Gasteiger charge is 2.21. The average Bonchev–Trinajstić information content (AvgIpc) is 2.97. The van der Waals surface area contributed by atoms with E-state index in [9.17, 15) is 4.79 Å². The molecule has 1 aliphatic heterocycles. The summed E-state index contributed by atoms with van der Waals surface area (Å²) < 4.78 is 16.6. The summed E-state index contributed by atoms with van der Waals surface area (Å²) in [4.78, 5) is 11.8. The van der Waals surface area contributed by atoms with E-state index in [1.54, 1.807) is 14.0 Å². The van der Waals surface area contributed by atoms with Crippen molar-refractivity contribution < 1.29 is 13.9 Å². The second-order valence-corrected chi connectivity index (χ2v) is 5.24. The molecule has 4 heteroatoms. The third-order valence-corrected chi connectivity index (χ3v) is 4.06. The Balaban J connectivity index is 2.28. The third-order valence-electron chi connectivity index (χ3n) is 4.06. The Bertz CT molecular complexity index is 708. The lowest BCUT2D eigenvalue weighted by molar-refractivity contribution is 0.112. The molecule has 0 radical (unpaired) electrons. The third kappa shape index (κ3) is 2.00. The molecule has 1 aromatic heterocycles. The van der Waals surface area contributed by atoms with E-state index in [1.807, 2.05) is 19.1 Å². The zero-order valence-corrected chi connectivity index (χ0v) is 12.0. The van der Waals surface area contributed by atoms with E-state index in [4.69, 9.17) is 13.9 Å². The Hall–Kier alpha value is -1.81. The second kappa shape index (κ2) is 4.94. The van der Waals surface area contributed by atoms with Crippen LogP contribution in [0.1, 0.15) is 35.6 Å². The molecule has 0 amide bonds. The summed E-state index contributed by atoms with van der Waals surface area (Å²) in [6.45, 7) is 4.47. The number of fused-ring (bicyclic) bond motifs is 1. The Morgan fingerprint density at radius 2 is 2.05 bits per heavy atom. The van der Waals surface area contributed by atoms with E-state index in [1.165, 1.54) is 0 Å². The minimum absolute atomic E-state index is 0.0696. The summed E-state index contributed by atoms with van der Waals surface area (Å²) >= 11 is 0. The van der Waals surface area contributed by atoms with Crippen LogP contribution in [0.15, 0.2) is 21.3 Å². The van der Waals surface area contributed by atoms with Gasteiger partial charge < -0.3 is 13.9 Å². The monoisotopic (exact) mass is 274 g/mol. The van der Waals surface area contributed by atoms with Crippen molar-refractivity contribution in [1.82, 2.24) is 0 Å². The van der Waals surface area contributed by atoms with Gasteiger partial charge in [0.05, 0.1) is 18.6 Å². The Labute approximate surface area is 117 Å². The van der Waals surface area contributed by atoms with Crippen LogP contribution in [0.4, 0.5) is 0 Å². The van der Waals surface area contributed by atoms with Gasteiger partial charge >= 0.3 is 5.63 Å². The topological polar surface area (TPSA) is 48.7 Å². The molecule has 2 aromatic rings. The molecule has 1 atom stereocenters. The van der Waals surface area contributed by atoms with Crippen LogP contribution in [0.2, 0.25) is 0 Å². The number of aryl methyl sites for hydroxylation is 1. The highest BCUT2D eigenvalue weighted by Crippen LogP contribution is 2.36. The van der Waals surface area contributed by atoms with Gasteiger partial charge in [0.25, 0.3) is 0 Å². The molecule has 20 heavy (non-hydrogen) atoms. The van der Waals surface area contributed by atoms with E-state index < -0.39 is 0 Å². The molecule has 0 saturated carbocycles. The van der Waals surface area contributed by atoms with Gasteiger partial charge in [-0.05, 0) is 49.9 Å². The van der Waals surface area contributed by atoms with Crippen LogP contribution in [-0.4, -0.2) is 13.7 Å². The average molecular weight is 274 g/mol. The molecule has 0 aliphatic carbocycles. The lowest BCUT2D eigenvalue weighted by Crippen LogP contribution is -2.07. The summed E-state index contributed by atoms with van der Waals surface area (Å²) in [6, 6.07) is 3.90. The number of ether oxygens (including phenoxy) is 2. The molecule has 4 nitrogen and oxygen atoms in total. The highest BCUT2D eigenvalue weighted by atomic mass is 16.5. The molecule has 106 valence electrons. The molecule has 1 unspecified atom stereocenters. The number of rotatable bonds is 2. The number of hydrogen-bond acceptors (Lipinski definition) is 4. The molecule has 0 spiro atoms. The zero-order chi connectivity index (χ0) is 14.3. The lowest BCUT2D eigenvalue weighted by atomic mass is 10.0. The maximum absolute atomic E-state index is 11.8. The zero-order valence-electron chi connectivity index (χ0n) is 12.0. The molecule has 0 bridgehead atoms. The lowest BCUT2D eigenvalue weighted by Gasteiger charge is -2.14. The maximum atomic E-state index is 11.8. The second-order valence-electron chi connectivity index (χ2n) is 5.24. The van der Waals surface area contributed by atoms with E-state index in [2.05, 4.69) is 0 Å². The first-order valence-electron chi connectivity index (χ1n) is 6.85. The Morgan fingerprint density at radius 3 is 2.70 bits per heavy atom. The van der Waals surface area contributed by atoms with Crippen molar-refractivity contribution in [1.29, 1.82) is 0 Å². The largest absolute Gasteiger partial charge is 0.496 e. The molecule has 3 rings (SSSR count). The van der Waals surface area contributed by atoms with Crippen molar-refractivity contribution in [2.45, 2.75) is 32.8 Å². The van der Waals surface area contributed by atoms with Gasteiger partial charge in [0.1, 0.15) is 11.3 Å². The van der Waals surface area contributed by atoms with Gasteiger partial charge in [-0.15, -0.1) is 0 Å². The standard InChI is InChI=1S/C16H18O4/c1-9-10(2)16(17)20-14-8-11(12-5-4-6-19-12)7-13(18-3)15(9)14/h7-8,12H,4-6H2,1-3H3. The molecule has 0 N–H and O–H groups in total. The summed E-state index contributed by atoms with van der Waals surface area (Å²) in [5.74, 6) is 0.734. The fourth-order valence-corrected chi connectivity index (χ4v) is 2.76. The van der Waals surface area contributed by atoms with Crippen molar-refractivity contribution in [2.24, 2.45) is 0 Å². The molecule has 1 aromatic carbocycles. The molecule has 2 heterocycles. The van der Waals surface area contributed by atoms with Crippen LogP contribution in [-0.2, 0) is 4.74 Å². The van der Waals surface area contributed by atoms with Gasteiger partial charge in [0.2, 0.25) is 0 Å². The van der Waals surface area contributed by atoms with Crippen molar-refractivity contribution >= 4 is 11.0 Å². The number of methoxy groups -OCH3 is 1. The van der Waals surface area contributed by atoms with Gasteiger partial charge in [0.15, 0.2) is 0 Å². The van der Waals surface area contributed by atoms with E-state index in [0.29, 0.717) is 11.1 Å². The summed E-state index contributed by atoms with van der Waals surface area (Å²) in [5.41, 5.74) is 2.83. The van der Waals surface area contributed by atoms with E-state index >= 15 is 0 Å². The van der Waals surface area contributed by atoms with Crippen LogP contribution in [0.3, 0.4) is 0 Å². The fourth-order valence-electron chi connectivity index (χ4n) is 2.76. The first kappa shape index (κ1) is 13.2. The maximum Gasteiger partial charge on any atom is 0.339 e. The quantitative estimate of drug-likeness (QED) is 0.789. The molecular formula is C16H18O4. The minimum atomic E-state index is -0.290. The molecule has 1 aliphatic rings. The normalized spacial score (nSPS) is 18.6. The van der Waals surface area contributed by atoms with Crippen LogP contribution in [0.25, 0.3) is 11.0 Å². The Morgan fingerprint density at radius 1 is 1.25 bits per heavy atom. The van der Waals surface area contributed by atoms with Gasteiger partial charge in [0, 0.05) is 12.2 Å². The fraction of sp³-hybridized carbons (Fsp3) is 0.438. The van der Waals surface area contributed by atoms with Crippen molar-refractivity contribution in [3.8, 4) is 5.75 Å². The SMILES string of the molecule is COc1cc(C2CCCO2)cc2oc(=O)c(C)c(C)c12. The number of benzene rings is 1. The van der Waals surface area contributed by atoms with E-state index in [0.717, 1.165) is 41.7 Å². The molecule has 1 fully saturated rings. The number of hydrogen-bond donors (Lipinski definition) is 0. The molecular weight excluding hydrogens is 256 g/mol. The van der Waals surface area contributed by atoms with Crippen molar-refractivity contribution in [3.05, 3.63) is 39.2 Å². The first-order valence-corrected chi connectivity index (χ1v) is 6.85. The van der Waals surface area contributed by atoms with Gasteiger partial charge in [-0.1, -0.05) is 0 Å². The highest BCUT2D eigenvalue weighted by molar-refractivity contribution is 5.88. The first-order chi connectivity index (χ1) is 9.61. The summed E-state index contributed by atoms with van der Waals surface area (Å²) in [6.07, 6.45) is 2.12. The van der Waals surface area contributed by atoms with E-state index in [-0.39, 0.29) is 11.7 Å². The van der Waals surface area contributed by atoms with Crippen LogP contribution < -0.4 is 10.4 Å².